The molecule has 5 nitrogen and oxygen atoms in total. The van der Waals surface area contributed by atoms with Crippen LogP contribution in [0.25, 0.3) is 105 Å². The van der Waals surface area contributed by atoms with Crippen molar-refractivity contribution in [3.63, 3.8) is 0 Å². The highest BCUT2D eigenvalue weighted by Crippen LogP contribution is 2.43. The Hall–Kier alpha value is -7.37. The molecule has 11 aromatic rings. The van der Waals surface area contributed by atoms with Gasteiger partial charge < -0.3 is 8.98 Å². The van der Waals surface area contributed by atoms with Crippen molar-refractivity contribution in [1.82, 2.24) is 19.5 Å². The molecule has 0 aliphatic carbocycles. The zero-order valence-electron chi connectivity index (χ0n) is 29.0. The predicted octanol–water partition coefficient (Wildman–Crippen LogP) is 12.7. The lowest BCUT2D eigenvalue weighted by Crippen LogP contribution is -2.00. The van der Waals surface area contributed by atoms with E-state index < -0.39 is 0 Å². The van der Waals surface area contributed by atoms with Crippen LogP contribution in [0.2, 0.25) is 0 Å². The molecule has 5 heteroatoms. The first-order chi connectivity index (χ1) is 26.8. The molecule has 3 heterocycles. The number of fused-ring (bicyclic) bond motifs is 7. The van der Waals surface area contributed by atoms with Crippen LogP contribution in [0.3, 0.4) is 0 Å². The maximum atomic E-state index is 6.65. The number of hydrogen-bond acceptors (Lipinski definition) is 4. The minimum Gasteiger partial charge on any atom is -0.456 e. The lowest BCUT2D eigenvalue weighted by molar-refractivity contribution is 0.668. The summed E-state index contributed by atoms with van der Waals surface area (Å²) in [5, 5.41) is 6.77. The number of nitrogens with zero attached hydrogens (tertiary/aromatic N) is 4. The maximum absolute atomic E-state index is 6.65. The van der Waals surface area contributed by atoms with Gasteiger partial charge in [0.15, 0.2) is 17.5 Å². The molecule has 0 saturated heterocycles. The molecule has 0 unspecified atom stereocenters. The second-order valence-corrected chi connectivity index (χ2v) is 13.6. The van der Waals surface area contributed by atoms with E-state index >= 15 is 0 Å². The summed E-state index contributed by atoms with van der Waals surface area (Å²) in [4.78, 5) is 15.1. The molecular weight excluding hydrogens is 661 g/mol. The Morgan fingerprint density at radius 3 is 1.50 bits per heavy atom. The fraction of sp³-hybridized carbons (Fsp3) is 0. The normalized spacial score (nSPS) is 11.7. The third kappa shape index (κ3) is 4.76. The Labute approximate surface area is 310 Å². The minimum absolute atomic E-state index is 0.628. The molecule has 252 valence electrons. The van der Waals surface area contributed by atoms with Gasteiger partial charge in [-0.3, -0.25) is 0 Å². The molecule has 0 saturated carbocycles. The van der Waals surface area contributed by atoms with Crippen LogP contribution in [0.15, 0.2) is 186 Å². The SMILES string of the molecule is c1ccc(-c2nc(-c3ccccc3)nc(-c3cccc4c(-c5cc(-n6c7ccccc7c7ccccc76)cc6oc7ccccc7c56)cccc34)n2)cc1. The third-order valence-electron chi connectivity index (χ3n) is 10.5. The molecule has 54 heavy (non-hydrogen) atoms. The van der Waals surface area contributed by atoms with Crippen LogP contribution in [-0.2, 0) is 0 Å². The van der Waals surface area contributed by atoms with E-state index in [1.807, 2.05) is 66.7 Å². The average Bonchev–Trinajstić information content (AvgIpc) is 3.79. The average molecular weight is 691 g/mol. The zero-order valence-corrected chi connectivity index (χ0v) is 29.0. The van der Waals surface area contributed by atoms with E-state index in [2.05, 4.69) is 120 Å². The van der Waals surface area contributed by atoms with Gasteiger partial charge in [0.05, 0.1) is 16.7 Å². The maximum Gasteiger partial charge on any atom is 0.164 e. The molecule has 0 amide bonds. The van der Waals surface area contributed by atoms with Crippen molar-refractivity contribution in [1.29, 1.82) is 0 Å². The molecule has 0 aliphatic rings. The lowest BCUT2D eigenvalue weighted by atomic mass is 9.92. The highest BCUT2D eigenvalue weighted by Gasteiger charge is 2.21. The molecule has 0 bridgehead atoms. The van der Waals surface area contributed by atoms with E-state index in [0.29, 0.717) is 17.5 Å². The summed E-state index contributed by atoms with van der Waals surface area (Å²) in [6, 6.07) is 63.3. The minimum atomic E-state index is 0.628. The molecule has 3 aromatic heterocycles. The van der Waals surface area contributed by atoms with Gasteiger partial charge in [-0.05, 0) is 46.2 Å². The van der Waals surface area contributed by atoms with Crippen LogP contribution in [0.5, 0.6) is 0 Å². The molecule has 0 aliphatic heterocycles. The van der Waals surface area contributed by atoms with Crippen LogP contribution >= 0.6 is 0 Å². The zero-order chi connectivity index (χ0) is 35.6. The highest BCUT2D eigenvalue weighted by molar-refractivity contribution is 6.17. The molecule has 0 N–H and O–H groups in total. The topological polar surface area (TPSA) is 56.7 Å². The van der Waals surface area contributed by atoms with Crippen molar-refractivity contribution in [2.24, 2.45) is 0 Å². The van der Waals surface area contributed by atoms with Crippen LogP contribution in [-0.4, -0.2) is 19.5 Å². The van der Waals surface area contributed by atoms with E-state index in [1.54, 1.807) is 0 Å². The Bertz CT molecular complexity index is 3110. The predicted molar refractivity (Wildman–Crippen MR) is 221 cm³/mol. The summed E-state index contributed by atoms with van der Waals surface area (Å²) < 4.78 is 9.01. The Morgan fingerprint density at radius 1 is 0.352 bits per heavy atom. The van der Waals surface area contributed by atoms with Crippen LogP contribution in [0, 0.1) is 0 Å². The van der Waals surface area contributed by atoms with Crippen molar-refractivity contribution in [2.75, 3.05) is 0 Å². The summed E-state index contributed by atoms with van der Waals surface area (Å²) in [5.41, 5.74) is 10.1. The Kier molecular flexibility index (Phi) is 6.79. The van der Waals surface area contributed by atoms with E-state index in [0.717, 1.165) is 77.2 Å². The van der Waals surface area contributed by atoms with Crippen molar-refractivity contribution in [3.05, 3.63) is 182 Å². The number of para-hydroxylation sites is 3. The smallest absolute Gasteiger partial charge is 0.164 e. The number of hydrogen-bond donors (Lipinski definition) is 0. The first-order valence-corrected chi connectivity index (χ1v) is 18.1. The van der Waals surface area contributed by atoms with E-state index in [4.69, 9.17) is 19.4 Å². The second kappa shape index (κ2) is 12.1. The Morgan fingerprint density at radius 2 is 0.852 bits per heavy atom. The van der Waals surface area contributed by atoms with E-state index in [-0.39, 0.29) is 0 Å². The summed E-state index contributed by atoms with van der Waals surface area (Å²) in [6.07, 6.45) is 0. The molecule has 0 spiro atoms. The first-order valence-electron chi connectivity index (χ1n) is 18.1. The van der Waals surface area contributed by atoms with E-state index in [9.17, 15) is 0 Å². The monoisotopic (exact) mass is 690 g/mol. The molecule has 0 atom stereocenters. The quantitative estimate of drug-likeness (QED) is 0.180. The molecule has 11 rings (SSSR count). The standard InChI is InChI=1S/C49H30N4O/c1-3-15-31(16-4-1)47-50-48(32-17-5-2-6-18-32)52-49(51-47)39-25-14-22-34-35(39)23-13-24-36(34)41-29-33(30-45-46(41)40-21-9-12-28-44(40)54-45)53-42-26-10-7-19-37(42)38-20-8-11-27-43(38)53/h1-30H. The number of furan rings is 1. The highest BCUT2D eigenvalue weighted by atomic mass is 16.3. The van der Waals surface area contributed by atoms with E-state index in [1.165, 1.54) is 10.8 Å². The molecular formula is C49H30N4O. The van der Waals surface area contributed by atoms with Gasteiger partial charge in [-0.2, -0.15) is 0 Å². The fourth-order valence-electron chi connectivity index (χ4n) is 8.05. The molecule has 8 aromatic carbocycles. The van der Waals surface area contributed by atoms with Crippen LogP contribution in [0.1, 0.15) is 0 Å². The summed E-state index contributed by atoms with van der Waals surface area (Å²) in [7, 11) is 0. The third-order valence-corrected chi connectivity index (χ3v) is 10.5. The van der Waals surface area contributed by atoms with Gasteiger partial charge in [-0.1, -0.05) is 152 Å². The van der Waals surface area contributed by atoms with Crippen molar-refractivity contribution in [2.45, 2.75) is 0 Å². The number of aromatic nitrogens is 4. The fourth-order valence-corrected chi connectivity index (χ4v) is 8.05. The van der Waals surface area contributed by atoms with Crippen molar-refractivity contribution >= 4 is 54.5 Å². The molecule has 0 fully saturated rings. The summed E-state index contributed by atoms with van der Waals surface area (Å²) in [6.45, 7) is 0. The summed E-state index contributed by atoms with van der Waals surface area (Å²) >= 11 is 0. The summed E-state index contributed by atoms with van der Waals surface area (Å²) in [5.74, 6) is 1.90. The number of rotatable bonds is 5. The van der Waals surface area contributed by atoms with Gasteiger partial charge in [0.1, 0.15) is 11.2 Å². The van der Waals surface area contributed by atoms with Crippen molar-refractivity contribution < 1.29 is 4.42 Å². The largest absolute Gasteiger partial charge is 0.456 e. The van der Waals surface area contributed by atoms with Gasteiger partial charge in [-0.15, -0.1) is 0 Å². The van der Waals surface area contributed by atoms with Crippen LogP contribution < -0.4 is 0 Å². The number of benzene rings is 8. The lowest BCUT2D eigenvalue weighted by Gasteiger charge is -2.15. The van der Waals surface area contributed by atoms with Crippen molar-refractivity contribution in [3.8, 4) is 51.0 Å². The molecule has 0 radical (unpaired) electrons. The van der Waals surface area contributed by atoms with Gasteiger partial charge in [0, 0.05) is 44.3 Å². The van der Waals surface area contributed by atoms with Crippen LogP contribution in [0.4, 0.5) is 0 Å². The van der Waals surface area contributed by atoms with Gasteiger partial charge in [0.2, 0.25) is 0 Å². The Balaban J connectivity index is 1.18. The first kappa shape index (κ1) is 30.3. The van der Waals surface area contributed by atoms with Gasteiger partial charge in [0.25, 0.3) is 0 Å². The second-order valence-electron chi connectivity index (χ2n) is 13.6. The van der Waals surface area contributed by atoms with Gasteiger partial charge in [-0.25, -0.2) is 15.0 Å². The van der Waals surface area contributed by atoms with Gasteiger partial charge >= 0.3 is 0 Å².